The number of rotatable bonds is 9. The number of carboxylic acid groups (broad SMARTS) is 1. The summed E-state index contributed by atoms with van der Waals surface area (Å²) >= 11 is 6.54. The number of thiocarbonyl (C=S) groups is 1. The highest BCUT2D eigenvalue weighted by Gasteiger charge is 2.31. The van der Waals surface area contributed by atoms with Crippen LogP contribution in [0.1, 0.15) is 41.8 Å². The number of amides is 2. The number of phenols is 1. The van der Waals surface area contributed by atoms with Crippen molar-refractivity contribution in [1.29, 1.82) is 0 Å². The van der Waals surface area contributed by atoms with Crippen LogP contribution in [0.2, 0.25) is 0 Å². The van der Waals surface area contributed by atoms with E-state index in [0.717, 1.165) is 6.42 Å². The van der Waals surface area contributed by atoms with Crippen LogP contribution in [0.15, 0.2) is 45.9 Å². The second-order valence-corrected chi connectivity index (χ2v) is 8.42. The molecule has 0 spiro atoms. The fourth-order valence-electron chi connectivity index (χ4n) is 2.94. The van der Waals surface area contributed by atoms with Crippen LogP contribution in [-0.2, 0) is 9.59 Å². The van der Waals surface area contributed by atoms with Crippen molar-refractivity contribution in [2.45, 2.75) is 25.7 Å². The topological polar surface area (TPSA) is 120 Å². The van der Waals surface area contributed by atoms with Crippen LogP contribution in [0.3, 0.4) is 0 Å². The number of hydrogen-bond donors (Lipinski definition) is 3. The molecular weight excluding hydrogens is 440 g/mol. The number of aromatic carboxylic acids is 1. The molecule has 0 aliphatic carbocycles. The van der Waals surface area contributed by atoms with E-state index in [1.807, 2.05) is 0 Å². The summed E-state index contributed by atoms with van der Waals surface area (Å²) in [5.74, 6) is -1.44. The quantitative estimate of drug-likeness (QED) is 0.291. The van der Waals surface area contributed by atoms with Crippen LogP contribution >= 0.6 is 24.0 Å². The van der Waals surface area contributed by atoms with Gasteiger partial charge >= 0.3 is 5.97 Å². The largest absolute Gasteiger partial charge is 0.507 e. The standard InChI is InChI=1S/C21H20N2O6S2/c24-16-11-13(7-8-15(16)20(27)28)22-18(25)6-2-1-3-9-23-19(26)17(31-21(23)30)12-14-5-4-10-29-14/h4-5,7-8,10-12,24H,1-3,6,9H2,(H,22,25)(H,27,28)/b17-12-. The fourth-order valence-corrected chi connectivity index (χ4v) is 4.23. The molecule has 1 aliphatic rings. The van der Waals surface area contributed by atoms with Gasteiger partial charge in [0, 0.05) is 30.8 Å². The lowest BCUT2D eigenvalue weighted by Crippen LogP contribution is -2.29. The van der Waals surface area contributed by atoms with Crippen LogP contribution in [0.25, 0.3) is 6.08 Å². The van der Waals surface area contributed by atoms with Crippen molar-refractivity contribution in [1.82, 2.24) is 4.90 Å². The minimum Gasteiger partial charge on any atom is -0.507 e. The van der Waals surface area contributed by atoms with Gasteiger partial charge in [-0.15, -0.1) is 0 Å². The number of carbonyl (C=O) groups excluding carboxylic acids is 2. The number of anilines is 1. The number of thioether (sulfide) groups is 1. The van der Waals surface area contributed by atoms with Gasteiger partial charge in [0.05, 0.1) is 11.2 Å². The molecule has 0 atom stereocenters. The average molecular weight is 461 g/mol. The van der Waals surface area contributed by atoms with Crippen molar-refractivity contribution in [2.24, 2.45) is 0 Å². The van der Waals surface area contributed by atoms with E-state index in [2.05, 4.69) is 5.32 Å². The molecule has 3 N–H and O–H groups in total. The van der Waals surface area contributed by atoms with Gasteiger partial charge in [-0.1, -0.05) is 30.4 Å². The first-order valence-electron chi connectivity index (χ1n) is 9.50. The molecule has 10 heteroatoms. The lowest BCUT2D eigenvalue weighted by atomic mass is 10.1. The monoisotopic (exact) mass is 460 g/mol. The van der Waals surface area contributed by atoms with Gasteiger partial charge in [-0.3, -0.25) is 14.5 Å². The van der Waals surface area contributed by atoms with E-state index >= 15 is 0 Å². The molecule has 0 bridgehead atoms. The molecule has 2 amide bonds. The van der Waals surface area contributed by atoms with Crippen LogP contribution in [-0.4, -0.2) is 43.8 Å². The summed E-state index contributed by atoms with van der Waals surface area (Å²) in [6.45, 7) is 0.478. The van der Waals surface area contributed by atoms with E-state index in [0.29, 0.717) is 40.1 Å². The third-order valence-electron chi connectivity index (χ3n) is 4.49. The van der Waals surface area contributed by atoms with Gasteiger partial charge in [-0.2, -0.15) is 0 Å². The zero-order valence-electron chi connectivity index (χ0n) is 16.4. The third-order valence-corrected chi connectivity index (χ3v) is 5.87. The zero-order valence-corrected chi connectivity index (χ0v) is 18.0. The molecule has 1 fully saturated rings. The van der Waals surface area contributed by atoms with Crippen molar-refractivity contribution < 1.29 is 29.0 Å². The van der Waals surface area contributed by atoms with Gasteiger partial charge in [0.1, 0.15) is 21.4 Å². The zero-order chi connectivity index (χ0) is 22.4. The Morgan fingerprint density at radius 1 is 1.23 bits per heavy atom. The first-order valence-corrected chi connectivity index (χ1v) is 10.7. The molecule has 0 radical (unpaired) electrons. The Labute approximate surface area is 187 Å². The first-order chi connectivity index (χ1) is 14.8. The molecule has 1 aliphatic heterocycles. The van der Waals surface area contributed by atoms with Gasteiger partial charge in [-0.05, 0) is 37.1 Å². The summed E-state index contributed by atoms with van der Waals surface area (Å²) in [5, 5.41) is 21.2. The third kappa shape index (κ3) is 5.96. The maximum atomic E-state index is 12.5. The Kier molecular flexibility index (Phi) is 7.48. The summed E-state index contributed by atoms with van der Waals surface area (Å²) < 4.78 is 5.74. The van der Waals surface area contributed by atoms with Gasteiger partial charge in [0.15, 0.2) is 0 Å². The molecule has 0 saturated carbocycles. The van der Waals surface area contributed by atoms with Crippen molar-refractivity contribution in [3.63, 3.8) is 0 Å². The Hall–Kier alpha value is -3.11. The Morgan fingerprint density at radius 3 is 2.71 bits per heavy atom. The highest BCUT2D eigenvalue weighted by molar-refractivity contribution is 8.26. The molecule has 162 valence electrons. The Balaban J connectivity index is 1.39. The second-order valence-electron chi connectivity index (χ2n) is 6.74. The molecule has 2 aromatic rings. The molecular formula is C21H20N2O6S2. The average Bonchev–Trinajstić information content (AvgIpc) is 3.31. The number of carbonyl (C=O) groups is 3. The number of aromatic hydroxyl groups is 1. The van der Waals surface area contributed by atoms with E-state index < -0.39 is 11.7 Å². The van der Waals surface area contributed by atoms with E-state index in [-0.39, 0.29) is 23.8 Å². The van der Waals surface area contributed by atoms with Crippen molar-refractivity contribution in [3.05, 3.63) is 52.8 Å². The van der Waals surface area contributed by atoms with E-state index in [4.69, 9.17) is 21.7 Å². The maximum absolute atomic E-state index is 12.5. The molecule has 2 heterocycles. The summed E-state index contributed by atoms with van der Waals surface area (Å²) in [5.41, 5.74) is 0.0982. The van der Waals surface area contributed by atoms with Crippen molar-refractivity contribution in [3.8, 4) is 5.75 Å². The first kappa shape index (κ1) is 22.6. The van der Waals surface area contributed by atoms with Crippen molar-refractivity contribution in [2.75, 3.05) is 11.9 Å². The summed E-state index contributed by atoms with van der Waals surface area (Å²) in [4.78, 5) is 37.5. The van der Waals surface area contributed by atoms with Gasteiger partial charge in [0.2, 0.25) is 5.91 Å². The highest BCUT2D eigenvalue weighted by atomic mass is 32.2. The number of benzene rings is 1. The normalized spacial score (nSPS) is 15.0. The lowest BCUT2D eigenvalue weighted by molar-refractivity contribution is -0.122. The van der Waals surface area contributed by atoms with E-state index in [1.165, 1.54) is 36.2 Å². The molecule has 1 saturated heterocycles. The summed E-state index contributed by atoms with van der Waals surface area (Å²) in [7, 11) is 0. The van der Waals surface area contributed by atoms with Crippen molar-refractivity contribution >= 4 is 57.8 Å². The molecule has 31 heavy (non-hydrogen) atoms. The molecule has 8 nitrogen and oxygen atoms in total. The minimum absolute atomic E-state index is 0.145. The molecule has 0 unspecified atom stereocenters. The summed E-state index contributed by atoms with van der Waals surface area (Å²) in [6.07, 6.45) is 5.51. The number of carboxylic acids is 1. The smallest absolute Gasteiger partial charge is 0.339 e. The Morgan fingerprint density at radius 2 is 2.03 bits per heavy atom. The van der Waals surface area contributed by atoms with Crippen LogP contribution in [0.5, 0.6) is 5.75 Å². The van der Waals surface area contributed by atoms with E-state index in [9.17, 15) is 19.5 Å². The minimum atomic E-state index is -1.24. The number of nitrogens with one attached hydrogen (secondary N) is 1. The predicted molar refractivity (Wildman–Crippen MR) is 121 cm³/mol. The number of hydrogen-bond acceptors (Lipinski definition) is 7. The van der Waals surface area contributed by atoms with Crippen LogP contribution < -0.4 is 5.32 Å². The SMILES string of the molecule is O=C(CCCCCN1C(=O)/C(=C/c2ccco2)SC1=S)Nc1ccc(C(=O)O)c(O)c1. The fraction of sp³-hybridized carbons (Fsp3) is 0.238. The van der Waals surface area contributed by atoms with E-state index in [1.54, 1.807) is 23.1 Å². The molecule has 1 aromatic carbocycles. The second kappa shape index (κ2) is 10.3. The van der Waals surface area contributed by atoms with Crippen LogP contribution in [0.4, 0.5) is 5.69 Å². The predicted octanol–water partition coefficient (Wildman–Crippen LogP) is 4.08. The number of unbranched alkanes of at least 4 members (excludes halogenated alkanes) is 2. The number of nitrogens with zero attached hydrogens (tertiary/aromatic N) is 1. The van der Waals surface area contributed by atoms with Gasteiger partial charge in [0.25, 0.3) is 5.91 Å². The molecule has 1 aromatic heterocycles. The van der Waals surface area contributed by atoms with Gasteiger partial charge < -0.3 is 19.9 Å². The van der Waals surface area contributed by atoms with Crippen LogP contribution in [0, 0.1) is 0 Å². The highest BCUT2D eigenvalue weighted by Crippen LogP contribution is 2.32. The Bertz CT molecular complexity index is 1030. The lowest BCUT2D eigenvalue weighted by Gasteiger charge is -2.14. The number of furan rings is 1. The summed E-state index contributed by atoms with van der Waals surface area (Å²) in [6, 6.07) is 7.37. The maximum Gasteiger partial charge on any atom is 0.339 e. The molecule has 3 rings (SSSR count). The van der Waals surface area contributed by atoms with Gasteiger partial charge in [-0.25, -0.2) is 4.79 Å².